The van der Waals surface area contributed by atoms with Crippen LogP contribution >= 0.6 is 22.7 Å². The fraction of sp³-hybridized carbons (Fsp3) is 0.458. The van der Waals surface area contributed by atoms with Gasteiger partial charge in [-0.1, -0.05) is 44.8 Å². The van der Waals surface area contributed by atoms with Gasteiger partial charge in [0.1, 0.15) is 22.9 Å². The Labute approximate surface area is 205 Å². The van der Waals surface area contributed by atoms with Crippen molar-refractivity contribution >= 4 is 49.9 Å². The first-order valence-electron chi connectivity index (χ1n) is 11.1. The lowest BCUT2D eigenvalue weighted by molar-refractivity contribution is -0.116. The molecule has 0 fully saturated rings. The fourth-order valence-electron chi connectivity index (χ4n) is 4.21. The van der Waals surface area contributed by atoms with E-state index >= 15 is 0 Å². The number of ether oxygens (including phenoxy) is 1. The smallest absolute Gasteiger partial charge is 0.350 e. The average Bonchev–Trinajstić information content (AvgIpc) is 3.33. The Bertz CT molecular complexity index is 1330. The Kier molecular flexibility index (Phi) is 6.73. The van der Waals surface area contributed by atoms with Gasteiger partial charge in [-0.05, 0) is 43.1 Å². The summed E-state index contributed by atoms with van der Waals surface area (Å²) in [5.41, 5.74) is 1.57. The highest BCUT2D eigenvalue weighted by molar-refractivity contribution is 7.19. The van der Waals surface area contributed by atoms with Crippen molar-refractivity contribution in [3.05, 3.63) is 50.3 Å². The topological polar surface area (TPSA) is 103 Å². The lowest BCUT2D eigenvalue weighted by atomic mass is 9.72. The number of fused-ring (bicyclic) bond motifs is 3. The second-order valence-electron chi connectivity index (χ2n) is 9.54. The highest BCUT2D eigenvalue weighted by atomic mass is 32.1. The molecule has 1 aliphatic carbocycles. The number of anilines is 1. The summed E-state index contributed by atoms with van der Waals surface area (Å²) in [7, 11) is 0. The van der Waals surface area contributed by atoms with Crippen LogP contribution in [0, 0.1) is 18.3 Å². The SMILES string of the molecule is C=CCOC(=O)c1sc(NC(=O)Cn2cnc3sc4c(c3c2=O)CCC(C(C)(C)C)C4)nc1C. The van der Waals surface area contributed by atoms with E-state index in [1.54, 1.807) is 18.3 Å². The van der Waals surface area contributed by atoms with Crippen LogP contribution in [0.15, 0.2) is 23.8 Å². The normalized spacial score (nSPS) is 15.7. The molecule has 8 nitrogen and oxygen atoms in total. The summed E-state index contributed by atoms with van der Waals surface area (Å²) >= 11 is 2.63. The van der Waals surface area contributed by atoms with Crippen LogP contribution in [0.4, 0.5) is 5.13 Å². The molecule has 0 spiro atoms. The standard InChI is InChI=1S/C24H28N4O4S2/c1-6-9-32-22(31)19-13(2)26-23(34-19)27-17(29)11-28-12-25-20-18(21(28)30)15-8-7-14(24(3,4)5)10-16(15)33-20/h6,12,14H,1,7-11H2,2-5H3,(H,26,27,29). The zero-order chi connectivity index (χ0) is 24.6. The van der Waals surface area contributed by atoms with Gasteiger partial charge in [0.2, 0.25) is 5.91 Å². The number of thiazole rings is 1. The summed E-state index contributed by atoms with van der Waals surface area (Å²) in [5, 5.41) is 3.59. The Morgan fingerprint density at radius 1 is 1.35 bits per heavy atom. The van der Waals surface area contributed by atoms with E-state index in [4.69, 9.17) is 4.74 Å². The second-order valence-corrected chi connectivity index (χ2v) is 11.6. The number of aryl methyl sites for hydroxylation is 2. The maximum absolute atomic E-state index is 13.2. The van der Waals surface area contributed by atoms with Crippen LogP contribution in [0.3, 0.4) is 0 Å². The number of amides is 1. The Balaban J connectivity index is 1.52. The molecule has 0 aliphatic heterocycles. The first-order valence-corrected chi connectivity index (χ1v) is 12.8. The second kappa shape index (κ2) is 9.42. The van der Waals surface area contributed by atoms with Crippen molar-refractivity contribution in [1.29, 1.82) is 0 Å². The molecule has 0 radical (unpaired) electrons. The number of carbonyl (C=O) groups is 2. The molecule has 1 aliphatic rings. The van der Waals surface area contributed by atoms with Gasteiger partial charge in [-0.15, -0.1) is 11.3 Å². The summed E-state index contributed by atoms with van der Waals surface area (Å²) in [4.78, 5) is 49.0. The predicted octanol–water partition coefficient (Wildman–Crippen LogP) is 4.36. The molecule has 34 heavy (non-hydrogen) atoms. The third-order valence-corrected chi connectivity index (χ3v) is 8.35. The number of carbonyl (C=O) groups excluding carboxylic acids is 2. The first kappa shape index (κ1) is 24.3. The number of hydrogen-bond acceptors (Lipinski definition) is 8. The Morgan fingerprint density at radius 2 is 2.12 bits per heavy atom. The van der Waals surface area contributed by atoms with Crippen molar-refractivity contribution in [2.75, 3.05) is 11.9 Å². The zero-order valence-corrected chi connectivity index (χ0v) is 21.4. The molecule has 10 heteroatoms. The quantitative estimate of drug-likeness (QED) is 0.399. The largest absolute Gasteiger partial charge is 0.457 e. The van der Waals surface area contributed by atoms with Crippen molar-refractivity contribution in [2.24, 2.45) is 11.3 Å². The van der Waals surface area contributed by atoms with Gasteiger partial charge in [0.25, 0.3) is 5.56 Å². The van der Waals surface area contributed by atoms with Gasteiger partial charge in [-0.2, -0.15) is 0 Å². The number of nitrogens with zero attached hydrogens (tertiary/aromatic N) is 3. The number of aromatic nitrogens is 3. The average molecular weight is 501 g/mol. The molecule has 0 saturated carbocycles. The minimum atomic E-state index is -0.516. The number of rotatable bonds is 6. The molecule has 1 amide bonds. The molecular weight excluding hydrogens is 472 g/mol. The molecule has 0 saturated heterocycles. The van der Waals surface area contributed by atoms with Crippen molar-refractivity contribution in [3.8, 4) is 0 Å². The molecule has 3 heterocycles. The van der Waals surface area contributed by atoms with E-state index in [0.717, 1.165) is 41.0 Å². The van der Waals surface area contributed by atoms with E-state index in [9.17, 15) is 14.4 Å². The van der Waals surface area contributed by atoms with Gasteiger partial charge in [0.05, 0.1) is 17.4 Å². The van der Waals surface area contributed by atoms with Gasteiger partial charge in [-0.3, -0.25) is 14.2 Å². The van der Waals surface area contributed by atoms with Gasteiger partial charge in [-0.25, -0.2) is 14.8 Å². The molecule has 180 valence electrons. The fourth-order valence-corrected chi connectivity index (χ4v) is 6.34. The zero-order valence-electron chi connectivity index (χ0n) is 19.8. The van der Waals surface area contributed by atoms with Crippen LogP contribution in [-0.4, -0.2) is 33.0 Å². The van der Waals surface area contributed by atoms with Crippen molar-refractivity contribution in [2.45, 2.75) is 53.5 Å². The number of nitrogens with one attached hydrogen (secondary N) is 1. The van der Waals surface area contributed by atoms with Gasteiger partial charge < -0.3 is 10.1 Å². The summed E-state index contributed by atoms with van der Waals surface area (Å²) in [6.45, 7) is 11.9. The third kappa shape index (κ3) is 4.83. The Hall–Kier alpha value is -2.85. The number of esters is 1. The lowest BCUT2D eigenvalue weighted by Crippen LogP contribution is -2.29. The monoisotopic (exact) mass is 500 g/mol. The Morgan fingerprint density at radius 3 is 2.82 bits per heavy atom. The van der Waals surface area contributed by atoms with Crippen LogP contribution in [0.25, 0.3) is 10.2 Å². The number of thiophene rings is 1. The van der Waals surface area contributed by atoms with E-state index in [1.165, 1.54) is 21.8 Å². The maximum Gasteiger partial charge on any atom is 0.350 e. The minimum Gasteiger partial charge on any atom is -0.457 e. The summed E-state index contributed by atoms with van der Waals surface area (Å²) < 4.78 is 6.37. The van der Waals surface area contributed by atoms with E-state index in [-0.39, 0.29) is 29.3 Å². The number of hydrogen-bond donors (Lipinski definition) is 1. The van der Waals surface area contributed by atoms with Crippen LogP contribution in [0.5, 0.6) is 0 Å². The van der Waals surface area contributed by atoms with Crippen molar-refractivity contribution < 1.29 is 14.3 Å². The van der Waals surface area contributed by atoms with Gasteiger partial charge in [0.15, 0.2) is 5.13 Å². The third-order valence-electron chi connectivity index (χ3n) is 6.14. The molecule has 0 aromatic carbocycles. The lowest BCUT2D eigenvalue weighted by Gasteiger charge is -2.33. The van der Waals surface area contributed by atoms with E-state index in [1.807, 2.05) is 0 Å². The molecule has 3 aromatic rings. The minimum absolute atomic E-state index is 0.0966. The van der Waals surface area contributed by atoms with Crippen LogP contribution in [0.2, 0.25) is 0 Å². The highest BCUT2D eigenvalue weighted by Crippen LogP contribution is 2.41. The van der Waals surface area contributed by atoms with E-state index in [2.05, 4.69) is 42.6 Å². The molecule has 1 atom stereocenters. The van der Waals surface area contributed by atoms with Gasteiger partial charge in [0, 0.05) is 4.88 Å². The molecular formula is C24H28N4O4S2. The predicted molar refractivity (Wildman–Crippen MR) is 135 cm³/mol. The van der Waals surface area contributed by atoms with Crippen LogP contribution in [-0.2, 0) is 28.9 Å². The van der Waals surface area contributed by atoms with E-state index in [0.29, 0.717) is 21.9 Å². The van der Waals surface area contributed by atoms with Gasteiger partial charge >= 0.3 is 5.97 Å². The van der Waals surface area contributed by atoms with Crippen molar-refractivity contribution in [1.82, 2.24) is 14.5 Å². The van der Waals surface area contributed by atoms with Crippen LogP contribution < -0.4 is 10.9 Å². The molecule has 1 N–H and O–H groups in total. The molecule has 4 rings (SSSR count). The molecule has 1 unspecified atom stereocenters. The van der Waals surface area contributed by atoms with E-state index < -0.39 is 11.9 Å². The highest BCUT2D eigenvalue weighted by Gasteiger charge is 2.31. The summed E-state index contributed by atoms with van der Waals surface area (Å²) in [5.74, 6) is -0.362. The summed E-state index contributed by atoms with van der Waals surface area (Å²) in [6.07, 6.45) is 5.76. The summed E-state index contributed by atoms with van der Waals surface area (Å²) in [6, 6.07) is 0. The maximum atomic E-state index is 13.2. The van der Waals surface area contributed by atoms with Crippen molar-refractivity contribution in [3.63, 3.8) is 0 Å². The first-order chi connectivity index (χ1) is 16.1. The molecule has 0 bridgehead atoms. The molecule has 3 aromatic heterocycles. The van der Waals surface area contributed by atoms with Crippen LogP contribution in [0.1, 0.15) is 53.0 Å².